The van der Waals surface area contributed by atoms with Crippen LogP contribution in [-0.4, -0.2) is 36.6 Å². The fourth-order valence-electron chi connectivity index (χ4n) is 1.35. The van der Waals surface area contributed by atoms with Gasteiger partial charge in [0.05, 0.1) is 0 Å². The van der Waals surface area contributed by atoms with Crippen molar-refractivity contribution < 1.29 is 14.7 Å². The van der Waals surface area contributed by atoms with Gasteiger partial charge in [-0.1, -0.05) is 13.8 Å². The van der Waals surface area contributed by atoms with Crippen LogP contribution in [0.3, 0.4) is 0 Å². The van der Waals surface area contributed by atoms with Gasteiger partial charge in [0.2, 0.25) is 5.91 Å². The molecule has 0 aromatic heterocycles. The molecule has 0 saturated heterocycles. The maximum absolute atomic E-state index is 10.9. The first-order valence-electron chi connectivity index (χ1n) is 4.45. The molecular formula is C9H18N2O3. The predicted molar refractivity (Wildman–Crippen MR) is 52.9 cm³/mol. The molecule has 0 aromatic carbocycles. The van der Waals surface area contributed by atoms with Crippen LogP contribution in [-0.2, 0) is 9.59 Å². The summed E-state index contributed by atoms with van der Waals surface area (Å²) >= 11 is 0. The summed E-state index contributed by atoms with van der Waals surface area (Å²) in [6.07, 6.45) is 0. The summed E-state index contributed by atoms with van der Waals surface area (Å²) in [7, 11) is 1.74. The number of nitrogens with one attached hydrogen (secondary N) is 2. The molecular weight excluding hydrogens is 184 g/mol. The van der Waals surface area contributed by atoms with Gasteiger partial charge in [-0.2, -0.15) is 0 Å². The minimum Gasteiger partial charge on any atom is -0.480 e. The van der Waals surface area contributed by atoms with E-state index in [1.165, 1.54) is 6.92 Å². The monoisotopic (exact) mass is 202 g/mol. The Balaban J connectivity index is 4.62. The van der Waals surface area contributed by atoms with Crippen LogP contribution in [0.25, 0.3) is 0 Å². The van der Waals surface area contributed by atoms with Gasteiger partial charge in [0, 0.05) is 18.9 Å². The largest absolute Gasteiger partial charge is 0.480 e. The molecule has 0 unspecified atom stereocenters. The first kappa shape index (κ1) is 12.9. The summed E-state index contributed by atoms with van der Waals surface area (Å²) in [6, 6.07) is -0.868. The maximum Gasteiger partial charge on any atom is 0.326 e. The van der Waals surface area contributed by atoms with Gasteiger partial charge >= 0.3 is 5.97 Å². The van der Waals surface area contributed by atoms with E-state index >= 15 is 0 Å². The third kappa shape index (κ3) is 3.74. The SMILES string of the molecule is CNCC(C)(C)[C@H](NC(C)=O)C(=O)O. The van der Waals surface area contributed by atoms with Crippen molar-refractivity contribution in [2.75, 3.05) is 13.6 Å². The van der Waals surface area contributed by atoms with Crippen LogP contribution >= 0.6 is 0 Å². The van der Waals surface area contributed by atoms with Crippen LogP contribution in [0.4, 0.5) is 0 Å². The lowest BCUT2D eigenvalue weighted by Gasteiger charge is -2.31. The Kier molecular flexibility index (Phi) is 4.56. The number of carboxylic acid groups (broad SMARTS) is 1. The second-order valence-corrected chi connectivity index (χ2v) is 3.99. The molecule has 0 heterocycles. The van der Waals surface area contributed by atoms with Crippen molar-refractivity contribution in [3.8, 4) is 0 Å². The molecule has 1 amide bonds. The van der Waals surface area contributed by atoms with Gasteiger partial charge in [-0.15, -0.1) is 0 Å². The Bertz CT molecular complexity index is 226. The van der Waals surface area contributed by atoms with E-state index in [-0.39, 0.29) is 5.91 Å². The fourth-order valence-corrected chi connectivity index (χ4v) is 1.35. The first-order valence-corrected chi connectivity index (χ1v) is 4.45. The first-order chi connectivity index (χ1) is 6.31. The highest BCUT2D eigenvalue weighted by Gasteiger charge is 2.35. The number of amides is 1. The van der Waals surface area contributed by atoms with Gasteiger partial charge in [0.15, 0.2) is 0 Å². The van der Waals surface area contributed by atoms with Crippen molar-refractivity contribution in [3.63, 3.8) is 0 Å². The second kappa shape index (κ2) is 4.95. The van der Waals surface area contributed by atoms with Crippen molar-refractivity contribution in [2.24, 2.45) is 5.41 Å². The highest BCUT2D eigenvalue weighted by molar-refractivity contribution is 5.82. The van der Waals surface area contributed by atoms with Crippen molar-refractivity contribution >= 4 is 11.9 Å². The quantitative estimate of drug-likeness (QED) is 0.578. The van der Waals surface area contributed by atoms with Crippen molar-refractivity contribution in [2.45, 2.75) is 26.8 Å². The number of hydrogen-bond acceptors (Lipinski definition) is 3. The Labute approximate surface area is 83.9 Å². The van der Waals surface area contributed by atoms with E-state index in [4.69, 9.17) is 5.11 Å². The zero-order valence-electron chi connectivity index (χ0n) is 9.05. The molecule has 0 aliphatic carbocycles. The zero-order valence-corrected chi connectivity index (χ0v) is 9.05. The number of rotatable bonds is 5. The molecule has 5 nitrogen and oxygen atoms in total. The zero-order chi connectivity index (χ0) is 11.4. The molecule has 0 saturated carbocycles. The Morgan fingerprint density at radius 3 is 2.21 bits per heavy atom. The molecule has 14 heavy (non-hydrogen) atoms. The Morgan fingerprint density at radius 1 is 1.43 bits per heavy atom. The van der Waals surface area contributed by atoms with E-state index < -0.39 is 17.4 Å². The molecule has 82 valence electrons. The predicted octanol–water partition coefficient (Wildman–Crippen LogP) is -0.179. The minimum atomic E-state index is -1.01. The van der Waals surface area contributed by atoms with Gasteiger partial charge in [-0.3, -0.25) is 4.79 Å². The lowest BCUT2D eigenvalue weighted by molar-refractivity contribution is -0.144. The van der Waals surface area contributed by atoms with Gasteiger partial charge in [-0.25, -0.2) is 4.79 Å². The number of carbonyl (C=O) groups excluding carboxylic acids is 1. The summed E-state index contributed by atoms with van der Waals surface area (Å²) < 4.78 is 0. The molecule has 0 bridgehead atoms. The van der Waals surface area contributed by atoms with Crippen molar-refractivity contribution in [1.82, 2.24) is 10.6 Å². The van der Waals surface area contributed by atoms with Gasteiger partial charge < -0.3 is 15.7 Å². The third-order valence-corrected chi connectivity index (χ3v) is 2.01. The third-order valence-electron chi connectivity index (χ3n) is 2.01. The average Bonchev–Trinajstić information content (AvgIpc) is 1.99. The van der Waals surface area contributed by atoms with Crippen LogP contribution in [0.2, 0.25) is 0 Å². The highest BCUT2D eigenvalue weighted by Crippen LogP contribution is 2.19. The van der Waals surface area contributed by atoms with E-state index in [1.54, 1.807) is 20.9 Å². The molecule has 0 fully saturated rings. The number of carbonyl (C=O) groups is 2. The second-order valence-electron chi connectivity index (χ2n) is 3.99. The average molecular weight is 202 g/mol. The van der Waals surface area contributed by atoms with Crippen LogP contribution in [0.15, 0.2) is 0 Å². The van der Waals surface area contributed by atoms with E-state index in [0.717, 1.165) is 0 Å². The molecule has 0 spiro atoms. The number of aliphatic carboxylic acids is 1. The molecule has 0 aromatic rings. The standard InChI is InChI=1S/C9H18N2O3/c1-6(12)11-7(8(13)14)9(2,3)5-10-4/h7,10H,5H2,1-4H3,(H,11,12)(H,13,14)/t7-/m1/s1. The molecule has 0 rings (SSSR count). The van der Waals surface area contributed by atoms with Crippen molar-refractivity contribution in [1.29, 1.82) is 0 Å². The molecule has 3 N–H and O–H groups in total. The smallest absolute Gasteiger partial charge is 0.326 e. The van der Waals surface area contributed by atoms with Gasteiger partial charge in [-0.05, 0) is 7.05 Å². The number of carboxylic acids is 1. The van der Waals surface area contributed by atoms with Crippen molar-refractivity contribution in [3.05, 3.63) is 0 Å². The van der Waals surface area contributed by atoms with E-state index in [0.29, 0.717) is 6.54 Å². The Hall–Kier alpha value is -1.10. The molecule has 5 heteroatoms. The summed E-state index contributed by atoms with van der Waals surface area (Å²) in [6.45, 7) is 5.41. The fraction of sp³-hybridized carbons (Fsp3) is 0.778. The van der Waals surface area contributed by atoms with E-state index in [1.807, 2.05) is 0 Å². The summed E-state index contributed by atoms with van der Waals surface area (Å²) in [5, 5.41) is 14.3. The Morgan fingerprint density at radius 2 is 1.93 bits per heavy atom. The van der Waals surface area contributed by atoms with E-state index in [9.17, 15) is 9.59 Å². The van der Waals surface area contributed by atoms with Gasteiger partial charge in [0.25, 0.3) is 0 Å². The van der Waals surface area contributed by atoms with Crippen LogP contribution in [0, 0.1) is 5.41 Å². The molecule has 1 atom stereocenters. The lowest BCUT2D eigenvalue weighted by Crippen LogP contribution is -2.52. The highest BCUT2D eigenvalue weighted by atomic mass is 16.4. The number of hydrogen-bond donors (Lipinski definition) is 3. The normalized spacial score (nSPS) is 13.4. The topological polar surface area (TPSA) is 78.4 Å². The summed E-state index contributed by atoms with van der Waals surface area (Å²) in [5.41, 5.74) is -0.522. The van der Waals surface area contributed by atoms with Gasteiger partial charge in [0.1, 0.15) is 6.04 Å². The van der Waals surface area contributed by atoms with E-state index in [2.05, 4.69) is 10.6 Å². The summed E-state index contributed by atoms with van der Waals surface area (Å²) in [4.78, 5) is 21.7. The van der Waals surface area contributed by atoms with Crippen LogP contribution in [0.1, 0.15) is 20.8 Å². The van der Waals surface area contributed by atoms with Crippen LogP contribution in [0.5, 0.6) is 0 Å². The molecule has 0 aliphatic heterocycles. The van der Waals surface area contributed by atoms with Crippen LogP contribution < -0.4 is 10.6 Å². The summed E-state index contributed by atoms with van der Waals surface area (Å²) in [5.74, 6) is -1.35. The molecule has 0 aliphatic rings. The molecule has 0 radical (unpaired) electrons. The lowest BCUT2D eigenvalue weighted by atomic mass is 9.84. The minimum absolute atomic E-state index is 0.332. The maximum atomic E-state index is 10.9.